The topological polar surface area (TPSA) is 86.5 Å². The van der Waals surface area contributed by atoms with Gasteiger partial charge in [0.25, 0.3) is 0 Å². The number of hydrogen-bond acceptors (Lipinski definition) is 5. The van der Waals surface area contributed by atoms with Gasteiger partial charge < -0.3 is 9.64 Å². The number of halogens is 1. The predicted molar refractivity (Wildman–Crippen MR) is 113 cm³/mol. The lowest BCUT2D eigenvalue weighted by molar-refractivity contribution is -0.133. The third kappa shape index (κ3) is 5.93. The van der Waals surface area contributed by atoms with Crippen LogP contribution in [0.2, 0.25) is 0 Å². The minimum atomic E-state index is -1.21. The van der Waals surface area contributed by atoms with E-state index < -0.39 is 29.8 Å². The molecule has 1 aromatic rings. The zero-order valence-electron chi connectivity index (χ0n) is 18.5. The molecular formula is C23H31FN4O3. The number of ether oxygens (including phenoxy) is 1. The summed E-state index contributed by atoms with van der Waals surface area (Å²) in [4.78, 5) is 33.0. The molecule has 168 valence electrons. The van der Waals surface area contributed by atoms with Crippen LogP contribution in [-0.2, 0) is 9.53 Å². The predicted octanol–water partition coefficient (Wildman–Crippen LogP) is 3.81. The van der Waals surface area contributed by atoms with Crippen molar-refractivity contribution < 1.29 is 18.7 Å². The molecule has 0 spiro atoms. The van der Waals surface area contributed by atoms with Gasteiger partial charge in [0, 0.05) is 30.3 Å². The fourth-order valence-electron chi connectivity index (χ4n) is 4.38. The van der Waals surface area contributed by atoms with Gasteiger partial charge in [0.2, 0.25) is 5.91 Å². The molecule has 8 heteroatoms. The van der Waals surface area contributed by atoms with Gasteiger partial charge in [-0.2, -0.15) is 5.26 Å². The first-order chi connectivity index (χ1) is 14.7. The van der Waals surface area contributed by atoms with Gasteiger partial charge in [-0.05, 0) is 58.6 Å². The molecule has 1 aromatic heterocycles. The summed E-state index contributed by atoms with van der Waals surface area (Å²) in [5, 5.41) is 9.26. The van der Waals surface area contributed by atoms with E-state index in [1.165, 1.54) is 9.80 Å². The lowest BCUT2D eigenvalue weighted by Crippen LogP contribution is -2.50. The molecule has 2 amide bonds. The Morgan fingerprint density at radius 2 is 2.00 bits per heavy atom. The number of carbonyl (C=O) groups is 2. The number of carbonyl (C=O) groups excluding carboxylic acids is 2. The van der Waals surface area contributed by atoms with Crippen LogP contribution < -0.4 is 0 Å². The summed E-state index contributed by atoms with van der Waals surface area (Å²) in [5.74, 6) is -0.0908. The lowest BCUT2D eigenvalue weighted by Gasteiger charge is -2.38. The van der Waals surface area contributed by atoms with Crippen molar-refractivity contribution in [2.24, 2.45) is 0 Å². The van der Waals surface area contributed by atoms with Crippen LogP contribution in [0.25, 0.3) is 0 Å². The Morgan fingerprint density at radius 3 is 2.58 bits per heavy atom. The van der Waals surface area contributed by atoms with Crippen molar-refractivity contribution in [3.63, 3.8) is 0 Å². The fourth-order valence-corrected chi connectivity index (χ4v) is 4.38. The summed E-state index contributed by atoms with van der Waals surface area (Å²) in [6.07, 6.45) is 3.20. The second kappa shape index (κ2) is 9.63. The Balaban J connectivity index is 1.70. The van der Waals surface area contributed by atoms with E-state index in [2.05, 4.69) is 4.98 Å². The van der Waals surface area contributed by atoms with Crippen LogP contribution in [0.15, 0.2) is 24.4 Å². The number of rotatable bonds is 4. The Hall–Kier alpha value is -2.69. The summed E-state index contributed by atoms with van der Waals surface area (Å²) >= 11 is 0. The van der Waals surface area contributed by atoms with Gasteiger partial charge in [0.05, 0.1) is 12.6 Å². The Kier molecular flexibility index (Phi) is 7.14. The zero-order valence-corrected chi connectivity index (χ0v) is 18.5. The van der Waals surface area contributed by atoms with Crippen LogP contribution >= 0.6 is 0 Å². The van der Waals surface area contributed by atoms with Crippen molar-refractivity contribution >= 4 is 12.0 Å². The average Bonchev–Trinajstić information content (AvgIpc) is 3.12. The van der Waals surface area contributed by atoms with Crippen LogP contribution in [0.3, 0.4) is 0 Å². The van der Waals surface area contributed by atoms with Gasteiger partial charge in [-0.3, -0.25) is 14.7 Å². The van der Waals surface area contributed by atoms with Crippen molar-refractivity contribution in [2.45, 2.75) is 82.6 Å². The number of hydrogen-bond donors (Lipinski definition) is 0. The number of likely N-dealkylation sites (tertiary alicyclic amines) is 1. The smallest absolute Gasteiger partial charge is 0.411 e. The number of amides is 2. The highest BCUT2D eigenvalue weighted by Crippen LogP contribution is 2.34. The summed E-state index contributed by atoms with van der Waals surface area (Å²) in [7, 11) is 0. The highest BCUT2D eigenvalue weighted by molar-refractivity contribution is 5.83. The molecule has 0 unspecified atom stereocenters. The van der Waals surface area contributed by atoms with E-state index in [4.69, 9.17) is 4.74 Å². The quantitative estimate of drug-likeness (QED) is 0.725. The number of alkyl halides is 1. The van der Waals surface area contributed by atoms with Gasteiger partial charge in [0.1, 0.15) is 24.4 Å². The van der Waals surface area contributed by atoms with E-state index in [0.717, 1.165) is 31.4 Å². The fraction of sp³-hybridized carbons (Fsp3) is 0.652. The van der Waals surface area contributed by atoms with E-state index in [1.54, 1.807) is 27.0 Å². The maximum absolute atomic E-state index is 13.8. The Labute approximate surface area is 183 Å². The zero-order chi connectivity index (χ0) is 22.6. The lowest BCUT2D eigenvalue weighted by atomic mass is 9.83. The third-order valence-electron chi connectivity index (χ3n) is 5.90. The molecule has 0 N–H and O–H groups in total. The molecule has 3 rings (SSSR count). The maximum atomic E-state index is 13.8. The molecule has 0 radical (unpaired) electrons. The highest BCUT2D eigenvalue weighted by atomic mass is 19.1. The van der Waals surface area contributed by atoms with E-state index in [1.807, 2.05) is 24.3 Å². The number of aromatic nitrogens is 1. The van der Waals surface area contributed by atoms with Gasteiger partial charge in [-0.15, -0.1) is 0 Å². The first-order valence-electron chi connectivity index (χ1n) is 10.9. The van der Waals surface area contributed by atoms with Crippen molar-refractivity contribution in [1.82, 2.24) is 14.8 Å². The van der Waals surface area contributed by atoms with Gasteiger partial charge in [-0.1, -0.05) is 6.07 Å². The Bertz CT molecular complexity index is 812. The molecule has 2 aliphatic rings. The minimum Gasteiger partial charge on any atom is -0.444 e. The average molecular weight is 431 g/mol. The van der Waals surface area contributed by atoms with E-state index in [9.17, 15) is 19.2 Å². The van der Waals surface area contributed by atoms with E-state index in [0.29, 0.717) is 5.92 Å². The molecule has 0 aromatic carbocycles. The summed E-state index contributed by atoms with van der Waals surface area (Å²) in [5.41, 5.74) is 0.347. The molecule has 31 heavy (non-hydrogen) atoms. The molecule has 1 saturated heterocycles. The number of nitrogens with zero attached hydrogens (tertiary/aromatic N) is 4. The van der Waals surface area contributed by atoms with Crippen molar-refractivity contribution in [2.75, 3.05) is 13.1 Å². The second-order valence-corrected chi connectivity index (χ2v) is 9.39. The van der Waals surface area contributed by atoms with Crippen molar-refractivity contribution in [1.29, 1.82) is 5.26 Å². The van der Waals surface area contributed by atoms with Crippen molar-refractivity contribution in [3.05, 3.63) is 30.1 Å². The largest absolute Gasteiger partial charge is 0.444 e. The number of nitriles is 1. The monoisotopic (exact) mass is 430 g/mol. The molecule has 1 aliphatic heterocycles. The van der Waals surface area contributed by atoms with Crippen LogP contribution in [0.1, 0.15) is 64.5 Å². The number of pyridine rings is 1. The van der Waals surface area contributed by atoms with Crippen molar-refractivity contribution in [3.8, 4) is 6.07 Å². The first kappa shape index (κ1) is 23.0. The van der Waals surface area contributed by atoms with Gasteiger partial charge in [0.15, 0.2) is 0 Å². The summed E-state index contributed by atoms with van der Waals surface area (Å²) in [6.45, 7) is 5.03. The first-order valence-corrected chi connectivity index (χ1v) is 10.9. The van der Waals surface area contributed by atoms with Gasteiger partial charge >= 0.3 is 6.09 Å². The second-order valence-electron chi connectivity index (χ2n) is 9.39. The van der Waals surface area contributed by atoms with Gasteiger partial charge in [-0.25, -0.2) is 9.18 Å². The van der Waals surface area contributed by atoms with E-state index >= 15 is 0 Å². The highest BCUT2D eigenvalue weighted by Gasteiger charge is 2.39. The molecule has 7 nitrogen and oxygen atoms in total. The minimum absolute atomic E-state index is 0.0177. The van der Waals surface area contributed by atoms with Crippen LogP contribution in [0.4, 0.5) is 9.18 Å². The van der Waals surface area contributed by atoms with Crippen LogP contribution in [0, 0.1) is 11.3 Å². The Morgan fingerprint density at radius 1 is 1.29 bits per heavy atom. The summed E-state index contributed by atoms with van der Waals surface area (Å²) in [6, 6.07) is 6.93. The van der Waals surface area contributed by atoms with Crippen LogP contribution in [-0.4, -0.2) is 63.7 Å². The molecule has 0 bridgehead atoms. The molecule has 2 fully saturated rings. The molecule has 2 heterocycles. The standard InChI is InChI=1S/C23H31FN4O3/c1-23(2,3)31-22(30)28(15-21(29)27-14-17(24)12-19(27)13-25)18-9-7-16(8-10-18)20-6-4-5-11-26-20/h4-6,11,16-19H,7-10,12,14-15H2,1-3H3/t16?,17-,18?,19-/m0/s1. The molecule has 1 aliphatic carbocycles. The normalized spacial score (nSPS) is 26.2. The molecule has 2 atom stereocenters. The van der Waals surface area contributed by atoms with E-state index in [-0.39, 0.29) is 25.6 Å². The summed E-state index contributed by atoms with van der Waals surface area (Å²) < 4.78 is 19.4. The third-order valence-corrected chi connectivity index (χ3v) is 5.90. The maximum Gasteiger partial charge on any atom is 0.411 e. The molecular weight excluding hydrogens is 399 g/mol. The SMILES string of the molecule is CC(C)(C)OC(=O)N(CC(=O)N1C[C@@H](F)C[C@H]1C#N)C1CCC(c2ccccn2)CC1. The molecule has 1 saturated carbocycles. The van der Waals surface area contributed by atoms with Crippen LogP contribution in [0.5, 0.6) is 0 Å².